The van der Waals surface area contributed by atoms with Gasteiger partial charge in [-0.3, -0.25) is 0 Å². The van der Waals surface area contributed by atoms with Gasteiger partial charge in [0.05, 0.1) is 0 Å². The summed E-state index contributed by atoms with van der Waals surface area (Å²) in [7, 11) is 0. The fraction of sp³-hybridized carbons (Fsp3) is 0.357. The van der Waals surface area contributed by atoms with Crippen molar-refractivity contribution in [1.82, 2.24) is 15.0 Å². The van der Waals surface area contributed by atoms with Crippen molar-refractivity contribution in [1.29, 1.82) is 0 Å². The highest BCUT2D eigenvalue weighted by Crippen LogP contribution is 2.28. The monoisotopic (exact) mass is 370 g/mol. The Morgan fingerprint density at radius 2 is 1.86 bits per heavy atom. The van der Waals surface area contributed by atoms with Crippen molar-refractivity contribution >= 4 is 33.5 Å². The van der Waals surface area contributed by atoms with E-state index in [1.165, 1.54) is 0 Å². The first-order chi connectivity index (χ1) is 9.99. The average molecular weight is 372 g/mol. The van der Waals surface area contributed by atoms with Gasteiger partial charge in [0.2, 0.25) is 11.2 Å². The summed E-state index contributed by atoms with van der Waals surface area (Å²) >= 11 is 9.42. The van der Waals surface area contributed by atoms with Crippen molar-refractivity contribution < 1.29 is 4.74 Å². The van der Waals surface area contributed by atoms with Crippen molar-refractivity contribution in [2.24, 2.45) is 0 Å². The van der Waals surface area contributed by atoms with E-state index >= 15 is 0 Å². The molecule has 7 heteroatoms. The molecule has 0 spiro atoms. The molecule has 0 fully saturated rings. The first-order valence-electron chi connectivity index (χ1n) is 6.59. The smallest absolute Gasteiger partial charge is 0.328 e. The molecule has 0 atom stereocenters. The topological polar surface area (TPSA) is 59.9 Å². The first kappa shape index (κ1) is 16.0. The third-order valence-electron chi connectivity index (χ3n) is 2.74. The van der Waals surface area contributed by atoms with E-state index in [9.17, 15) is 0 Å². The van der Waals surface area contributed by atoms with Crippen molar-refractivity contribution in [2.45, 2.75) is 27.2 Å². The maximum atomic E-state index is 5.89. The summed E-state index contributed by atoms with van der Waals surface area (Å²) in [5.41, 5.74) is 2.16. The first-order valence-corrected chi connectivity index (χ1v) is 7.76. The van der Waals surface area contributed by atoms with E-state index in [4.69, 9.17) is 16.3 Å². The largest absolute Gasteiger partial charge is 0.424 e. The van der Waals surface area contributed by atoms with Gasteiger partial charge in [0.15, 0.2) is 0 Å². The normalized spacial score (nSPS) is 10.5. The van der Waals surface area contributed by atoms with Gasteiger partial charge in [-0.05, 0) is 55.1 Å². The molecule has 0 aliphatic heterocycles. The summed E-state index contributed by atoms with van der Waals surface area (Å²) in [6.07, 6.45) is 0.963. The van der Waals surface area contributed by atoms with E-state index in [-0.39, 0.29) is 11.3 Å². The highest BCUT2D eigenvalue weighted by Gasteiger charge is 2.09. The molecule has 2 aromatic rings. The minimum atomic E-state index is 0.101. The molecule has 2 rings (SSSR count). The predicted octanol–water partition coefficient (Wildman–Crippen LogP) is 4.52. The average Bonchev–Trinajstić information content (AvgIpc) is 2.42. The second-order valence-electron chi connectivity index (χ2n) is 4.61. The van der Waals surface area contributed by atoms with Gasteiger partial charge in [-0.2, -0.15) is 15.0 Å². The van der Waals surface area contributed by atoms with Gasteiger partial charge in [0, 0.05) is 11.0 Å². The van der Waals surface area contributed by atoms with Crippen LogP contribution in [0.1, 0.15) is 24.5 Å². The highest BCUT2D eigenvalue weighted by atomic mass is 79.9. The van der Waals surface area contributed by atoms with Gasteiger partial charge in [-0.15, -0.1) is 0 Å². The predicted molar refractivity (Wildman–Crippen MR) is 87.3 cm³/mol. The molecule has 0 bridgehead atoms. The van der Waals surface area contributed by atoms with Crippen LogP contribution < -0.4 is 10.1 Å². The third-order valence-corrected chi connectivity index (χ3v) is 4.16. The number of anilines is 1. The lowest BCUT2D eigenvalue weighted by Gasteiger charge is -2.09. The highest BCUT2D eigenvalue weighted by molar-refractivity contribution is 9.10. The number of nitrogens with one attached hydrogen (secondary N) is 1. The molecule has 112 valence electrons. The molecule has 0 saturated carbocycles. The van der Waals surface area contributed by atoms with Crippen molar-refractivity contribution in [3.8, 4) is 11.8 Å². The Balaban J connectivity index is 2.24. The number of rotatable bonds is 5. The molecule has 1 heterocycles. The van der Waals surface area contributed by atoms with Gasteiger partial charge in [0.1, 0.15) is 5.75 Å². The third kappa shape index (κ3) is 4.28. The number of hydrogen-bond donors (Lipinski definition) is 1. The Morgan fingerprint density at radius 3 is 2.48 bits per heavy atom. The number of aromatic nitrogens is 3. The lowest BCUT2D eigenvalue weighted by molar-refractivity contribution is 0.439. The Morgan fingerprint density at radius 1 is 1.19 bits per heavy atom. The van der Waals surface area contributed by atoms with Crippen LogP contribution in [0.5, 0.6) is 11.8 Å². The van der Waals surface area contributed by atoms with Gasteiger partial charge >= 0.3 is 6.01 Å². The molecule has 0 aliphatic carbocycles. The van der Waals surface area contributed by atoms with Crippen LogP contribution in [0.3, 0.4) is 0 Å². The van der Waals surface area contributed by atoms with Crippen molar-refractivity contribution in [3.63, 3.8) is 0 Å². The standard InChI is InChI=1S/C14H16BrClN4O/c1-4-5-17-13-18-12(16)19-14(20-13)21-10-6-8(2)11(15)9(3)7-10/h6-7H,4-5H2,1-3H3,(H,17,18,19,20). The summed E-state index contributed by atoms with van der Waals surface area (Å²) in [6, 6.07) is 4.00. The number of ether oxygens (including phenoxy) is 1. The molecule has 1 aromatic carbocycles. The summed E-state index contributed by atoms with van der Waals surface area (Å²) < 4.78 is 6.75. The summed E-state index contributed by atoms with van der Waals surface area (Å²) in [5, 5.41) is 3.16. The molecule has 0 amide bonds. The quantitative estimate of drug-likeness (QED) is 0.837. The molecule has 1 aromatic heterocycles. The second-order valence-corrected chi connectivity index (χ2v) is 5.74. The zero-order valence-electron chi connectivity index (χ0n) is 12.1. The van der Waals surface area contributed by atoms with E-state index in [2.05, 4.69) is 43.1 Å². The Bertz CT molecular complexity index is 628. The van der Waals surface area contributed by atoms with Crippen LogP contribution >= 0.6 is 27.5 Å². The zero-order valence-corrected chi connectivity index (χ0v) is 14.4. The number of aryl methyl sites for hydroxylation is 2. The van der Waals surface area contributed by atoms with E-state index in [0.29, 0.717) is 11.7 Å². The molecule has 0 aliphatic rings. The van der Waals surface area contributed by atoms with Gasteiger partial charge in [-0.25, -0.2) is 0 Å². The minimum Gasteiger partial charge on any atom is -0.424 e. The Hall–Kier alpha value is -1.40. The minimum absolute atomic E-state index is 0.101. The summed E-state index contributed by atoms with van der Waals surface area (Å²) in [4.78, 5) is 12.2. The molecule has 0 unspecified atom stereocenters. The lowest BCUT2D eigenvalue weighted by Crippen LogP contribution is -2.06. The number of hydrogen-bond acceptors (Lipinski definition) is 5. The Kier molecular flexibility index (Phi) is 5.36. The maximum Gasteiger partial charge on any atom is 0.328 e. The van der Waals surface area contributed by atoms with E-state index in [1.54, 1.807) is 0 Å². The van der Waals surface area contributed by atoms with Gasteiger partial charge in [0.25, 0.3) is 0 Å². The number of benzene rings is 1. The molecule has 0 saturated heterocycles. The van der Waals surface area contributed by atoms with Crippen LogP contribution in [0, 0.1) is 13.8 Å². The maximum absolute atomic E-state index is 5.89. The molecule has 0 radical (unpaired) electrons. The summed E-state index contributed by atoms with van der Waals surface area (Å²) in [6.45, 7) is 6.81. The van der Waals surface area contributed by atoms with E-state index < -0.39 is 0 Å². The Labute approximate surface area is 137 Å². The van der Waals surface area contributed by atoms with E-state index in [1.807, 2.05) is 26.0 Å². The fourth-order valence-corrected chi connectivity index (χ4v) is 2.15. The molecular weight excluding hydrogens is 356 g/mol. The lowest BCUT2D eigenvalue weighted by atomic mass is 10.1. The van der Waals surface area contributed by atoms with Crippen LogP contribution in [-0.2, 0) is 0 Å². The van der Waals surface area contributed by atoms with Crippen LogP contribution in [0.25, 0.3) is 0 Å². The van der Waals surface area contributed by atoms with Crippen LogP contribution in [0.15, 0.2) is 16.6 Å². The fourth-order valence-electron chi connectivity index (χ4n) is 1.76. The van der Waals surface area contributed by atoms with Gasteiger partial charge < -0.3 is 10.1 Å². The molecule has 5 nitrogen and oxygen atoms in total. The van der Waals surface area contributed by atoms with E-state index in [0.717, 1.165) is 28.6 Å². The SMILES string of the molecule is CCCNc1nc(Cl)nc(Oc2cc(C)c(Br)c(C)c2)n1. The zero-order chi connectivity index (χ0) is 15.4. The van der Waals surface area contributed by atoms with Crippen molar-refractivity contribution in [3.05, 3.63) is 33.0 Å². The second kappa shape index (κ2) is 7.04. The van der Waals surface area contributed by atoms with Gasteiger partial charge in [-0.1, -0.05) is 22.9 Å². The number of halogens is 2. The molecular formula is C14H16BrClN4O. The molecule has 1 N–H and O–H groups in total. The summed E-state index contributed by atoms with van der Waals surface area (Å²) in [5.74, 6) is 1.08. The molecule has 21 heavy (non-hydrogen) atoms. The van der Waals surface area contributed by atoms with Crippen LogP contribution in [-0.4, -0.2) is 21.5 Å². The van der Waals surface area contributed by atoms with Crippen LogP contribution in [0.2, 0.25) is 5.28 Å². The van der Waals surface area contributed by atoms with Crippen LogP contribution in [0.4, 0.5) is 5.95 Å². The number of nitrogens with zero attached hydrogens (tertiary/aromatic N) is 3. The van der Waals surface area contributed by atoms with Crippen molar-refractivity contribution in [2.75, 3.05) is 11.9 Å².